The summed E-state index contributed by atoms with van der Waals surface area (Å²) in [5.74, 6) is -0.678. The molecule has 3 amide bonds. The number of carbonyl (C=O) groups excluding carboxylic acids is 2. The zero-order chi connectivity index (χ0) is 21.3. The molecule has 6 nitrogen and oxygen atoms in total. The highest BCUT2D eigenvalue weighted by Gasteiger charge is 2.43. The number of carbonyl (C=O) groups is 2. The van der Waals surface area contributed by atoms with Crippen molar-refractivity contribution in [3.05, 3.63) is 53.9 Å². The van der Waals surface area contributed by atoms with Gasteiger partial charge in [-0.3, -0.25) is 9.78 Å². The van der Waals surface area contributed by atoms with Crippen LogP contribution < -0.4 is 9.64 Å². The highest BCUT2D eigenvalue weighted by atomic mass is 19.4. The summed E-state index contributed by atoms with van der Waals surface area (Å²) >= 11 is 0. The van der Waals surface area contributed by atoms with Crippen molar-refractivity contribution in [1.82, 2.24) is 9.88 Å². The lowest BCUT2D eigenvalue weighted by molar-refractivity contribution is -0.274. The van der Waals surface area contributed by atoms with E-state index in [0.29, 0.717) is 0 Å². The topological polar surface area (TPSA) is 62.7 Å². The zero-order valence-electron chi connectivity index (χ0n) is 16.1. The molecule has 0 N–H and O–H groups in total. The Labute approximate surface area is 165 Å². The number of ether oxygens (including phenoxy) is 1. The molecular formula is C20H20F3N3O3. The molecule has 29 heavy (non-hydrogen) atoms. The maximum absolute atomic E-state index is 12.9. The molecule has 0 saturated carbocycles. The summed E-state index contributed by atoms with van der Waals surface area (Å²) in [6, 6.07) is 5.21. The number of hydrogen-bond donors (Lipinski definition) is 0. The summed E-state index contributed by atoms with van der Waals surface area (Å²) in [7, 11) is 0. The third-order valence-corrected chi connectivity index (χ3v) is 4.72. The van der Waals surface area contributed by atoms with Crippen molar-refractivity contribution in [3.8, 4) is 5.75 Å². The number of halogens is 3. The lowest BCUT2D eigenvalue weighted by Gasteiger charge is -2.22. The van der Waals surface area contributed by atoms with Gasteiger partial charge in [-0.25, -0.2) is 9.69 Å². The lowest BCUT2D eigenvalue weighted by atomic mass is 9.99. The fraction of sp³-hybridized carbons (Fsp3) is 0.350. The van der Waals surface area contributed by atoms with Crippen LogP contribution in [0.5, 0.6) is 5.75 Å². The Kier molecular flexibility index (Phi) is 5.50. The van der Waals surface area contributed by atoms with Gasteiger partial charge in [0.25, 0.3) is 5.91 Å². The van der Waals surface area contributed by atoms with E-state index in [-0.39, 0.29) is 18.2 Å². The van der Waals surface area contributed by atoms with Crippen LogP contribution in [0.3, 0.4) is 0 Å². The number of aromatic nitrogens is 1. The van der Waals surface area contributed by atoms with Crippen molar-refractivity contribution in [2.75, 3.05) is 4.90 Å². The van der Waals surface area contributed by atoms with Gasteiger partial charge in [0.05, 0.1) is 5.69 Å². The third-order valence-electron chi connectivity index (χ3n) is 4.72. The van der Waals surface area contributed by atoms with E-state index in [1.54, 1.807) is 19.3 Å². The van der Waals surface area contributed by atoms with Crippen LogP contribution >= 0.6 is 0 Å². The summed E-state index contributed by atoms with van der Waals surface area (Å²) in [5, 5.41) is 0. The Morgan fingerprint density at radius 3 is 2.38 bits per heavy atom. The first kappa shape index (κ1) is 20.6. The van der Waals surface area contributed by atoms with Crippen molar-refractivity contribution in [3.63, 3.8) is 0 Å². The second kappa shape index (κ2) is 7.73. The number of benzene rings is 1. The van der Waals surface area contributed by atoms with Crippen LogP contribution in [-0.2, 0) is 11.3 Å². The van der Waals surface area contributed by atoms with Crippen LogP contribution in [0.25, 0.3) is 0 Å². The van der Waals surface area contributed by atoms with E-state index >= 15 is 0 Å². The van der Waals surface area contributed by atoms with E-state index in [2.05, 4.69) is 9.72 Å². The summed E-state index contributed by atoms with van der Waals surface area (Å²) in [5.41, 5.74) is 2.05. The Hall–Kier alpha value is -3.10. The van der Waals surface area contributed by atoms with Crippen molar-refractivity contribution < 1.29 is 27.5 Å². The summed E-state index contributed by atoms with van der Waals surface area (Å²) < 4.78 is 40.8. The van der Waals surface area contributed by atoms with Gasteiger partial charge in [0.15, 0.2) is 0 Å². The fourth-order valence-corrected chi connectivity index (χ4v) is 3.23. The number of rotatable bonds is 5. The molecule has 1 atom stereocenters. The zero-order valence-corrected chi connectivity index (χ0v) is 16.1. The molecule has 3 rings (SSSR count). The van der Waals surface area contributed by atoms with Crippen LogP contribution in [0.15, 0.2) is 42.7 Å². The first-order chi connectivity index (χ1) is 13.6. The van der Waals surface area contributed by atoms with Gasteiger partial charge in [0.2, 0.25) is 0 Å². The summed E-state index contributed by atoms with van der Waals surface area (Å²) in [6.07, 6.45) is -1.44. The molecule has 1 unspecified atom stereocenters. The number of imide groups is 1. The molecule has 154 valence electrons. The normalized spacial score (nSPS) is 17.4. The van der Waals surface area contributed by atoms with Gasteiger partial charge in [0.1, 0.15) is 11.8 Å². The molecule has 1 aliphatic rings. The van der Waals surface area contributed by atoms with Gasteiger partial charge in [-0.05, 0) is 54.3 Å². The second-order valence-electron chi connectivity index (χ2n) is 7.03. The molecule has 1 saturated heterocycles. The van der Waals surface area contributed by atoms with Crippen LogP contribution in [0.2, 0.25) is 0 Å². The maximum atomic E-state index is 12.9. The van der Waals surface area contributed by atoms with E-state index in [4.69, 9.17) is 0 Å². The maximum Gasteiger partial charge on any atom is 0.573 e. The van der Waals surface area contributed by atoms with Crippen LogP contribution in [0.1, 0.15) is 37.8 Å². The van der Waals surface area contributed by atoms with Gasteiger partial charge in [-0.1, -0.05) is 13.8 Å². The molecule has 1 aromatic carbocycles. The number of hydrogen-bond acceptors (Lipinski definition) is 4. The van der Waals surface area contributed by atoms with Crippen molar-refractivity contribution >= 4 is 17.6 Å². The van der Waals surface area contributed by atoms with Crippen molar-refractivity contribution in [2.24, 2.45) is 0 Å². The average Bonchev–Trinajstić information content (AvgIpc) is 2.85. The van der Waals surface area contributed by atoms with Crippen molar-refractivity contribution in [1.29, 1.82) is 0 Å². The van der Waals surface area contributed by atoms with Crippen LogP contribution in [0, 0.1) is 0 Å². The van der Waals surface area contributed by atoms with E-state index in [1.807, 2.05) is 19.9 Å². The Balaban J connectivity index is 1.83. The lowest BCUT2D eigenvalue weighted by Crippen LogP contribution is -2.33. The Morgan fingerprint density at radius 2 is 1.79 bits per heavy atom. The smallest absolute Gasteiger partial charge is 0.406 e. The van der Waals surface area contributed by atoms with E-state index in [0.717, 1.165) is 28.2 Å². The number of amides is 3. The number of urea groups is 1. The quantitative estimate of drug-likeness (QED) is 0.687. The molecule has 1 fully saturated rings. The number of pyridine rings is 1. The SMILES string of the molecule is CC(C)c1cnccc1CN1C(=O)N(c2ccc(OC(F)(F)F)cc2)C(=O)C1C. The predicted octanol–water partition coefficient (Wildman–Crippen LogP) is 4.46. The number of alkyl halides is 3. The largest absolute Gasteiger partial charge is 0.573 e. The summed E-state index contributed by atoms with van der Waals surface area (Å²) in [4.78, 5) is 32.1. The molecule has 0 aliphatic carbocycles. The minimum absolute atomic E-state index is 0.183. The third kappa shape index (κ3) is 4.33. The van der Waals surface area contributed by atoms with E-state index in [9.17, 15) is 22.8 Å². The number of anilines is 1. The van der Waals surface area contributed by atoms with Gasteiger partial charge < -0.3 is 9.64 Å². The second-order valence-corrected chi connectivity index (χ2v) is 7.03. The van der Waals surface area contributed by atoms with Crippen LogP contribution in [-0.4, -0.2) is 34.2 Å². The Bertz CT molecular complexity index is 913. The van der Waals surface area contributed by atoms with E-state index in [1.165, 1.54) is 17.0 Å². The molecule has 1 aromatic heterocycles. The standard InChI is InChI=1S/C20H20F3N3O3/c1-12(2)17-10-24-9-8-14(17)11-25-13(3)18(27)26(19(25)28)15-4-6-16(7-5-15)29-20(21,22)23/h4-10,12-13H,11H2,1-3H3. The number of nitrogens with zero attached hydrogens (tertiary/aromatic N) is 3. The average molecular weight is 407 g/mol. The van der Waals surface area contributed by atoms with E-state index < -0.39 is 30.1 Å². The molecule has 9 heteroatoms. The highest BCUT2D eigenvalue weighted by molar-refractivity contribution is 6.21. The highest BCUT2D eigenvalue weighted by Crippen LogP contribution is 2.30. The van der Waals surface area contributed by atoms with Gasteiger partial charge in [-0.2, -0.15) is 0 Å². The van der Waals surface area contributed by atoms with Gasteiger partial charge in [0, 0.05) is 18.9 Å². The minimum Gasteiger partial charge on any atom is -0.406 e. The van der Waals surface area contributed by atoms with Crippen LogP contribution in [0.4, 0.5) is 23.7 Å². The first-order valence-corrected chi connectivity index (χ1v) is 9.01. The van der Waals surface area contributed by atoms with Gasteiger partial charge >= 0.3 is 12.4 Å². The molecule has 0 bridgehead atoms. The molecular weight excluding hydrogens is 387 g/mol. The Morgan fingerprint density at radius 1 is 1.14 bits per heavy atom. The molecule has 0 radical (unpaired) electrons. The summed E-state index contributed by atoms with van der Waals surface area (Å²) in [6.45, 7) is 5.88. The molecule has 1 aliphatic heterocycles. The molecule has 2 aromatic rings. The first-order valence-electron chi connectivity index (χ1n) is 9.01. The fourth-order valence-electron chi connectivity index (χ4n) is 3.23. The minimum atomic E-state index is -4.81. The van der Waals surface area contributed by atoms with Gasteiger partial charge in [-0.15, -0.1) is 13.2 Å². The molecule has 2 heterocycles. The van der Waals surface area contributed by atoms with Crippen molar-refractivity contribution in [2.45, 2.75) is 45.6 Å². The monoisotopic (exact) mass is 407 g/mol. The predicted molar refractivity (Wildman–Crippen MR) is 99.3 cm³/mol. The molecule has 0 spiro atoms.